The van der Waals surface area contributed by atoms with E-state index in [0.29, 0.717) is 30.6 Å². The van der Waals surface area contributed by atoms with Crippen molar-refractivity contribution in [2.24, 2.45) is 0 Å². The lowest BCUT2D eigenvalue weighted by Gasteiger charge is -2.29. The predicted octanol–water partition coefficient (Wildman–Crippen LogP) is 3.04. The fraction of sp³-hybridized carbons (Fsp3) is 0.185. The quantitative estimate of drug-likeness (QED) is 0.581. The van der Waals surface area contributed by atoms with Crippen LogP contribution in [0.5, 0.6) is 0 Å². The van der Waals surface area contributed by atoms with Gasteiger partial charge in [0.25, 0.3) is 11.8 Å². The van der Waals surface area contributed by atoms with Crippen molar-refractivity contribution < 1.29 is 19.2 Å². The highest BCUT2D eigenvalue weighted by Gasteiger charge is 2.39. The lowest BCUT2D eigenvalue weighted by atomic mass is 10.0. The summed E-state index contributed by atoms with van der Waals surface area (Å²) in [5.41, 5.74) is 4.81. The first kappa shape index (κ1) is 21.6. The number of benzene rings is 3. The summed E-state index contributed by atoms with van der Waals surface area (Å²) in [6.45, 7) is 0.621. The summed E-state index contributed by atoms with van der Waals surface area (Å²) in [5.74, 6) is -1.13. The monoisotopic (exact) mass is 453 g/mol. The molecule has 1 fully saturated rings. The van der Waals surface area contributed by atoms with Crippen molar-refractivity contribution in [3.8, 4) is 11.1 Å². The van der Waals surface area contributed by atoms with Gasteiger partial charge in [-0.3, -0.25) is 24.5 Å². The van der Waals surface area contributed by atoms with Gasteiger partial charge in [0.1, 0.15) is 6.04 Å². The first-order valence-corrected chi connectivity index (χ1v) is 11.2. The number of nitrogens with zero attached hydrogens (tertiary/aromatic N) is 1. The zero-order valence-electron chi connectivity index (χ0n) is 18.4. The van der Waals surface area contributed by atoms with Gasteiger partial charge in [-0.15, -0.1) is 0 Å². The van der Waals surface area contributed by atoms with Crippen LogP contribution in [-0.4, -0.2) is 34.6 Å². The second-order valence-electron chi connectivity index (χ2n) is 8.52. The van der Waals surface area contributed by atoms with Crippen LogP contribution >= 0.6 is 0 Å². The minimum Gasteiger partial charge on any atom is -0.348 e. The Labute approximate surface area is 196 Å². The molecule has 2 aliphatic heterocycles. The van der Waals surface area contributed by atoms with E-state index in [1.165, 1.54) is 4.90 Å². The Balaban J connectivity index is 1.25. The van der Waals surface area contributed by atoms with E-state index < -0.39 is 11.9 Å². The molecule has 0 spiro atoms. The van der Waals surface area contributed by atoms with E-state index in [1.807, 2.05) is 60.7 Å². The van der Waals surface area contributed by atoms with Gasteiger partial charge in [-0.05, 0) is 46.9 Å². The van der Waals surface area contributed by atoms with E-state index in [2.05, 4.69) is 10.6 Å². The molecular formula is C27H23N3O4. The van der Waals surface area contributed by atoms with Crippen molar-refractivity contribution in [1.82, 2.24) is 15.5 Å². The Hall–Kier alpha value is -4.26. The van der Waals surface area contributed by atoms with Gasteiger partial charge < -0.3 is 10.2 Å². The molecule has 1 atom stereocenters. The van der Waals surface area contributed by atoms with Crippen molar-refractivity contribution in [3.63, 3.8) is 0 Å². The maximum Gasteiger partial charge on any atom is 0.255 e. The summed E-state index contributed by atoms with van der Waals surface area (Å²) in [4.78, 5) is 50.7. The number of piperidine rings is 1. The van der Waals surface area contributed by atoms with Gasteiger partial charge in [-0.2, -0.15) is 0 Å². The largest absolute Gasteiger partial charge is 0.348 e. The molecule has 7 heteroatoms. The second-order valence-corrected chi connectivity index (χ2v) is 8.52. The minimum absolute atomic E-state index is 0.181. The van der Waals surface area contributed by atoms with Crippen LogP contribution in [-0.2, 0) is 22.7 Å². The molecule has 2 heterocycles. The fourth-order valence-electron chi connectivity index (χ4n) is 4.49. The van der Waals surface area contributed by atoms with Crippen molar-refractivity contribution in [2.45, 2.75) is 32.0 Å². The van der Waals surface area contributed by atoms with Gasteiger partial charge >= 0.3 is 0 Å². The highest BCUT2D eigenvalue weighted by atomic mass is 16.2. The molecule has 0 aliphatic carbocycles. The zero-order chi connectivity index (χ0) is 23.7. The normalized spacial score (nSPS) is 17.4. The van der Waals surface area contributed by atoms with Crippen molar-refractivity contribution >= 4 is 23.6 Å². The van der Waals surface area contributed by atoms with Crippen molar-refractivity contribution in [1.29, 1.82) is 0 Å². The average molecular weight is 453 g/mol. The Morgan fingerprint density at radius 3 is 2.53 bits per heavy atom. The Kier molecular flexibility index (Phi) is 5.67. The Bertz CT molecular complexity index is 1300. The van der Waals surface area contributed by atoms with E-state index >= 15 is 0 Å². The van der Waals surface area contributed by atoms with E-state index in [0.717, 1.165) is 22.3 Å². The highest BCUT2D eigenvalue weighted by molar-refractivity contribution is 6.05. The van der Waals surface area contributed by atoms with Gasteiger partial charge in [0, 0.05) is 30.6 Å². The molecule has 3 aromatic carbocycles. The van der Waals surface area contributed by atoms with Crippen LogP contribution in [0, 0.1) is 0 Å². The van der Waals surface area contributed by atoms with Crippen LogP contribution in [0.4, 0.5) is 0 Å². The van der Waals surface area contributed by atoms with Gasteiger partial charge in [0.2, 0.25) is 11.8 Å². The Morgan fingerprint density at radius 2 is 1.74 bits per heavy atom. The molecule has 5 rings (SSSR count). The molecule has 1 unspecified atom stereocenters. The molecular weight excluding hydrogens is 430 g/mol. The van der Waals surface area contributed by atoms with E-state index in [4.69, 9.17) is 0 Å². The molecule has 7 nitrogen and oxygen atoms in total. The second kappa shape index (κ2) is 8.94. The van der Waals surface area contributed by atoms with Gasteiger partial charge in [-0.25, -0.2) is 0 Å². The summed E-state index contributed by atoms with van der Waals surface area (Å²) >= 11 is 0. The number of fused-ring (bicyclic) bond motifs is 1. The third-order valence-corrected chi connectivity index (χ3v) is 6.27. The van der Waals surface area contributed by atoms with Gasteiger partial charge in [-0.1, -0.05) is 54.6 Å². The Morgan fingerprint density at radius 1 is 0.941 bits per heavy atom. The maximum atomic E-state index is 12.8. The van der Waals surface area contributed by atoms with E-state index in [-0.39, 0.29) is 24.1 Å². The summed E-state index contributed by atoms with van der Waals surface area (Å²) in [6, 6.07) is 22.1. The van der Waals surface area contributed by atoms with Crippen LogP contribution in [0.25, 0.3) is 11.1 Å². The number of hydrogen-bond acceptors (Lipinski definition) is 4. The molecule has 1 saturated heterocycles. The number of hydrogen-bond donors (Lipinski definition) is 2. The highest BCUT2D eigenvalue weighted by Crippen LogP contribution is 2.28. The first-order valence-electron chi connectivity index (χ1n) is 11.2. The number of imide groups is 1. The maximum absolute atomic E-state index is 12.8. The van der Waals surface area contributed by atoms with Crippen molar-refractivity contribution in [2.75, 3.05) is 0 Å². The van der Waals surface area contributed by atoms with Crippen LogP contribution in [0.1, 0.15) is 44.7 Å². The zero-order valence-corrected chi connectivity index (χ0v) is 18.4. The molecule has 0 saturated carbocycles. The predicted molar refractivity (Wildman–Crippen MR) is 126 cm³/mol. The number of amides is 4. The molecule has 34 heavy (non-hydrogen) atoms. The molecule has 2 aliphatic rings. The van der Waals surface area contributed by atoms with Gasteiger partial charge in [0.15, 0.2) is 0 Å². The third kappa shape index (κ3) is 4.20. The number of carbonyl (C=O) groups excluding carboxylic acids is 4. The summed E-state index contributed by atoms with van der Waals surface area (Å²) in [6.07, 6.45) is 0.550. The molecule has 0 bridgehead atoms. The number of carbonyl (C=O) groups is 4. The van der Waals surface area contributed by atoms with Crippen LogP contribution in [0.15, 0.2) is 72.8 Å². The first-order chi connectivity index (χ1) is 16.5. The summed E-state index contributed by atoms with van der Waals surface area (Å²) in [5, 5.41) is 5.25. The fourth-order valence-corrected chi connectivity index (χ4v) is 4.49. The van der Waals surface area contributed by atoms with E-state index in [1.54, 1.807) is 12.1 Å². The SMILES string of the molecule is O=C1CCC(N2Cc3cc(CNC(=O)c4cccc(-c5ccccc5)c4)ccc3C2=O)C(=O)N1. The lowest BCUT2D eigenvalue weighted by Crippen LogP contribution is -2.52. The summed E-state index contributed by atoms with van der Waals surface area (Å²) < 4.78 is 0. The molecule has 2 N–H and O–H groups in total. The standard InChI is InChI=1S/C27H23N3O4/c31-24-12-11-23(26(33)29-24)30-16-21-13-17(9-10-22(21)27(30)34)15-28-25(32)20-8-4-7-19(14-20)18-5-2-1-3-6-18/h1-10,13-14,23H,11-12,15-16H2,(H,28,32)(H,29,31,33). The third-order valence-electron chi connectivity index (χ3n) is 6.27. The smallest absolute Gasteiger partial charge is 0.255 e. The van der Waals surface area contributed by atoms with Crippen LogP contribution in [0.3, 0.4) is 0 Å². The molecule has 0 radical (unpaired) electrons. The number of rotatable bonds is 5. The average Bonchev–Trinajstić information content (AvgIpc) is 3.18. The number of nitrogens with one attached hydrogen (secondary N) is 2. The topological polar surface area (TPSA) is 95.6 Å². The van der Waals surface area contributed by atoms with Gasteiger partial charge in [0.05, 0.1) is 0 Å². The minimum atomic E-state index is -0.641. The van der Waals surface area contributed by atoms with Crippen molar-refractivity contribution in [3.05, 3.63) is 95.1 Å². The van der Waals surface area contributed by atoms with Crippen LogP contribution < -0.4 is 10.6 Å². The molecule has 4 amide bonds. The summed E-state index contributed by atoms with van der Waals surface area (Å²) in [7, 11) is 0. The molecule has 170 valence electrons. The van der Waals surface area contributed by atoms with Crippen LogP contribution in [0.2, 0.25) is 0 Å². The van der Waals surface area contributed by atoms with E-state index in [9.17, 15) is 19.2 Å². The molecule has 0 aromatic heterocycles. The molecule has 3 aromatic rings. The lowest BCUT2D eigenvalue weighted by molar-refractivity contribution is -0.136.